The highest BCUT2D eigenvalue weighted by Crippen LogP contribution is 2.40. The first-order valence-electron chi connectivity index (χ1n) is 8.56. The van der Waals surface area contributed by atoms with Crippen molar-refractivity contribution in [2.45, 2.75) is 12.5 Å². The van der Waals surface area contributed by atoms with E-state index in [0.29, 0.717) is 48.4 Å². The zero-order valence-electron chi connectivity index (χ0n) is 14.8. The van der Waals surface area contributed by atoms with Gasteiger partial charge in [0.15, 0.2) is 0 Å². The third-order valence-electron chi connectivity index (χ3n) is 4.83. The van der Waals surface area contributed by atoms with E-state index in [1.807, 2.05) is 31.2 Å². The van der Waals surface area contributed by atoms with Crippen LogP contribution in [0.3, 0.4) is 0 Å². The van der Waals surface area contributed by atoms with Gasteiger partial charge in [0.05, 0.1) is 10.5 Å². The average molecular weight is 430 g/mol. The van der Waals surface area contributed by atoms with Crippen molar-refractivity contribution >= 4 is 45.7 Å². The summed E-state index contributed by atoms with van der Waals surface area (Å²) in [6.45, 7) is 1.81. The molecule has 0 aliphatic heterocycles. The van der Waals surface area contributed by atoms with E-state index >= 15 is 0 Å². The van der Waals surface area contributed by atoms with E-state index in [1.165, 1.54) is 0 Å². The Balaban J connectivity index is 2.03. The van der Waals surface area contributed by atoms with Crippen LogP contribution in [0.15, 0.2) is 67.0 Å². The Morgan fingerprint density at radius 1 is 0.893 bits per heavy atom. The molecule has 3 nitrogen and oxygen atoms in total. The fourth-order valence-electron chi connectivity index (χ4n) is 3.31. The van der Waals surface area contributed by atoms with Gasteiger partial charge in [-0.1, -0.05) is 59.1 Å². The van der Waals surface area contributed by atoms with Crippen molar-refractivity contribution in [3.8, 4) is 0 Å². The van der Waals surface area contributed by atoms with Crippen LogP contribution < -0.4 is 0 Å². The smallest absolute Gasteiger partial charge is 0.142 e. The van der Waals surface area contributed by atoms with E-state index in [-0.39, 0.29) is 0 Å². The fraction of sp³-hybridized carbons (Fsp3) is 0.0909. The predicted octanol–water partition coefficient (Wildman–Crippen LogP) is 6.18. The molecule has 2 heterocycles. The summed E-state index contributed by atoms with van der Waals surface area (Å²) in [5, 5.41) is 14.1. The summed E-state index contributed by atoms with van der Waals surface area (Å²) < 4.78 is 0. The highest BCUT2D eigenvalue weighted by Gasteiger charge is 2.34. The number of rotatable bonds is 3. The maximum atomic E-state index is 11.9. The van der Waals surface area contributed by atoms with Crippen LogP contribution in [0, 0.1) is 6.92 Å². The Labute approximate surface area is 177 Å². The molecule has 0 spiro atoms. The number of aromatic nitrogens is 2. The van der Waals surface area contributed by atoms with Crippen LogP contribution in [-0.2, 0) is 5.60 Å². The molecule has 0 radical (unpaired) electrons. The maximum absolute atomic E-state index is 11.9. The van der Waals surface area contributed by atoms with Gasteiger partial charge in [-0.3, -0.25) is 4.98 Å². The largest absolute Gasteiger partial charge is 0.376 e. The van der Waals surface area contributed by atoms with E-state index in [0.717, 1.165) is 0 Å². The summed E-state index contributed by atoms with van der Waals surface area (Å²) >= 11 is 18.9. The lowest BCUT2D eigenvalue weighted by molar-refractivity contribution is 0.125. The number of halogens is 3. The highest BCUT2D eigenvalue weighted by molar-refractivity contribution is 6.39. The molecular weight excluding hydrogens is 415 g/mol. The maximum Gasteiger partial charge on any atom is 0.142 e. The molecule has 28 heavy (non-hydrogen) atoms. The van der Waals surface area contributed by atoms with Gasteiger partial charge in [-0.05, 0) is 48.4 Å². The number of nitrogens with zero attached hydrogens (tertiary/aromatic N) is 2. The van der Waals surface area contributed by atoms with Gasteiger partial charge >= 0.3 is 0 Å². The van der Waals surface area contributed by atoms with Crippen molar-refractivity contribution in [2.24, 2.45) is 0 Å². The van der Waals surface area contributed by atoms with Crippen molar-refractivity contribution in [1.82, 2.24) is 9.97 Å². The molecule has 0 amide bonds. The van der Waals surface area contributed by atoms with Crippen LogP contribution in [0.1, 0.15) is 22.3 Å². The molecule has 0 aliphatic rings. The number of hydrogen-bond acceptors (Lipinski definition) is 3. The van der Waals surface area contributed by atoms with Crippen molar-refractivity contribution in [2.75, 3.05) is 0 Å². The topological polar surface area (TPSA) is 46.0 Å². The highest BCUT2D eigenvalue weighted by atomic mass is 35.5. The standard InChI is InChI=1S/C22H15Cl3N2O/c1-13-20(24)18-11-15(7-8-19(18)27-21(13)25)22(28,16-5-3-9-26-12-16)14-4-2-6-17(23)10-14/h2-12,28H,1H3. The molecule has 0 bridgehead atoms. The molecule has 0 fully saturated rings. The molecule has 0 aliphatic carbocycles. The summed E-state index contributed by atoms with van der Waals surface area (Å²) in [5.41, 5.74) is 1.75. The monoisotopic (exact) mass is 428 g/mol. The molecule has 4 aromatic rings. The first-order chi connectivity index (χ1) is 13.4. The quantitative estimate of drug-likeness (QED) is 0.395. The van der Waals surface area contributed by atoms with Gasteiger partial charge in [0.1, 0.15) is 10.8 Å². The Kier molecular flexibility index (Phi) is 5.02. The van der Waals surface area contributed by atoms with Crippen molar-refractivity contribution in [3.63, 3.8) is 0 Å². The lowest BCUT2D eigenvalue weighted by Crippen LogP contribution is -2.29. The molecule has 4 rings (SSSR count). The molecule has 140 valence electrons. The van der Waals surface area contributed by atoms with E-state index in [9.17, 15) is 5.11 Å². The Bertz CT molecular complexity index is 1180. The minimum Gasteiger partial charge on any atom is -0.376 e. The number of pyridine rings is 2. The molecule has 2 aromatic carbocycles. The molecule has 2 aromatic heterocycles. The second-order valence-electron chi connectivity index (χ2n) is 6.54. The minimum absolute atomic E-state index is 0.364. The third kappa shape index (κ3) is 3.15. The Morgan fingerprint density at radius 3 is 2.36 bits per heavy atom. The number of fused-ring (bicyclic) bond motifs is 1. The number of hydrogen-bond donors (Lipinski definition) is 1. The molecule has 0 saturated carbocycles. The third-order valence-corrected chi connectivity index (χ3v) is 5.92. The molecule has 6 heteroatoms. The molecule has 1 atom stereocenters. The van der Waals surface area contributed by atoms with E-state index < -0.39 is 5.60 Å². The van der Waals surface area contributed by atoms with Crippen molar-refractivity contribution < 1.29 is 5.11 Å². The van der Waals surface area contributed by atoms with E-state index in [1.54, 1.807) is 42.7 Å². The van der Waals surface area contributed by atoms with Gasteiger partial charge in [-0.25, -0.2) is 4.98 Å². The molecule has 1 unspecified atom stereocenters. The first kappa shape index (κ1) is 19.2. The summed E-state index contributed by atoms with van der Waals surface area (Å²) in [6, 6.07) is 16.2. The lowest BCUT2D eigenvalue weighted by atomic mass is 9.80. The van der Waals surface area contributed by atoms with Crippen molar-refractivity contribution in [3.05, 3.63) is 104 Å². The second kappa shape index (κ2) is 7.34. The molecule has 0 saturated heterocycles. The Morgan fingerprint density at radius 2 is 1.64 bits per heavy atom. The summed E-state index contributed by atoms with van der Waals surface area (Å²) in [6.07, 6.45) is 3.30. The van der Waals surface area contributed by atoms with Crippen LogP contribution >= 0.6 is 34.8 Å². The van der Waals surface area contributed by atoms with E-state index in [2.05, 4.69) is 9.97 Å². The van der Waals surface area contributed by atoms with Crippen LogP contribution in [0.4, 0.5) is 0 Å². The number of benzene rings is 2. The Hall–Kier alpha value is -2.17. The van der Waals surface area contributed by atoms with Crippen LogP contribution in [0.2, 0.25) is 15.2 Å². The SMILES string of the molecule is Cc1c(Cl)nc2ccc(C(O)(c3cccnc3)c3cccc(Cl)c3)cc2c1Cl. The fourth-order valence-corrected chi connectivity index (χ4v) is 3.97. The molecule has 1 N–H and O–H groups in total. The number of aliphatic hydroxyl groups is 1. The minimum atomic E-state index is -1.47. The summed E-state index contributed by atoms with van der Waals surface area (Å²) in [7, 11) is 0. The van der Waals surface area contributed by atoms with Crippen LogP contribution in [0.25, 0.3) is 10.9 Å². The van der Waals surface area contributed by atoms with Crippen LogP contribution in [-0.4, -0.2) is 15.1 Å². The second-order valence-corrected chi connectivity index (χ2v) is 7.71. The van der Waals surface area contributed by atoms with Gasteiger partial charge < -0.3 is 5.11 Å². The average Bonchev–Trinajstić information content (AvgIpc) is 2.72. The van der Waals surface area contributed by atoms with Gasteiger partial charge in [-0.15, -0.1) is 0 Å². The lowest BCUT2D eigenvalue weighted by Gasteiger charge is -2.30. The van der Waals surface area contributed by atoms with Gasteiger partial charge in [-0.2, -0.15) is 0 Å². The zero-order chi connectivity index (χ0) is 19.9. The first-order valence-corrected chi connectivity index (χ1v) is 9.69. The van der Waals surface area contributed by atoms with Crippen molar-refractivity contribution in [1.29, 1.82) is 0 Å². The summed E-state index contributed by atoms with van der Waals surface area (Å²) in [4.78, 5) is 8.57. The van der Waals surface area contributed by atoms with Crippen LogP contribution in [0.5, 0.6) is 0 Å². The van der Waals surface area contributed by atoms with Gasteiger partial charge in [0.2, 0.25) is 0 Å². The van der Waals surface area contributed by atoms with Gasteiger partial charge in [0, 0.05) is 33.9 Å². The normalized spacial score (nSPS) is 13.5. The van der Waals surface area contributed by atoms with Gasteiger partial charge in [0.25, 0.3) is 0 Å². The predicted molar refractivity (Wildman–Crippen MR) is 114 cm³/mol. The molecular formula is C22H15Cl3N2O. The zero-order valence-corrected chi connectivity index (χ0v) is 17.1. The summed E-state index contributed by atoms with van der Waals surface area (Å²) in [5.74, 6) is 0. The van der Waals surface area contributed by atoms with E-state index in [4.69, 9.17) is 34.8 Å².